The zero-order valence-electron chi connectivity index (χ0n) is 6.84. The van der Waals surface area contributed by atoms with Gasteiger partial charge in [0.05, 0.1) is 4.88 Å². The van der Waals surface area contributed by atoms with E-state index in [9.17, 15) is 13.2 Å². The van der Waals surface area contributed by atoms with E-state index >= 15 is 0 Å². The van der Waals surface area contributed by atoms with Crippen molar-refractivity contribution in [1.29, 1.82) is 0 Å². The van der Waals surface area contributed by atoms with Crippen molar-refractivity contribution >= 4 is 20.7 Å². The van der Waals surface area contributed by atoms with Crippen LogP contribution in [0.2, 0.25) is 0 Å². The SMILES string of the molecule is FC(F)(F)c1ssc1-c1ccccc1. The van der Waals surface area contributed by atoms with Gasteiger partial charge in [-0.25, -0.2) is 0 Å². The lowest BCUT2D eigenvalue weighted by Gasteiger charge is -2.13. The van der Waals surface area contributed by atoms with Crippen LogP contribution in [0.3, 0.4) is 0 Å². The van der Waals surface area contributed by atoms with Gasteiger partial charge in [0.2, 0.25) is 0 Å². The molecule has 0 spiro atoms. The summed E-state index contributed by atoms with van der Waals surface area (Å²) in [4.78, 5) is -0.142. The number of hydrogen-bond acceptors (Lipinski definition) is 2. The summed E-state index contributed by atoms with van der Waals surface area (Å²) >= 11 is 0. The highest BCUT2D eigenvalue weighted by Crippen LogP contribution is 2.47. The molecule has 0 atom stereocenters. The smallest absolute Gasteiger partial charge is 0.165 e. The number of benzene rings is 1. The topological polar surface area (TPSA) is 0 Å². The fourth-order valence-electron chi connectivity index (χ4n) is 1.07. The van der Waals surface area contributed by atoms with Crippen LogP contribution in [0.5, 0.6) is 0 Å². The van der Waals surface area contributed by atoms with Crippen LogP contribution < -0.4 is 0 Å². The maximum Gasteiger partial charge on any atom is 0.427 e. The third kappa shape index (κ3) is 1.69. The first kappa shape index (κ1) is 9.73. The fraction of sp³-hybridized carbons (Fsp3) is 0.111. The van der Waals surface area contributed by atoms with Gasteiger partial charge < -0.3 is 0 Å². The Hall–Kier alpha value is -0.810. The Labute approximate surface area is 86.0 Å². The van der Waals surface area contributed by atoms with E-state index in [4.69, 9.17) is 0 Å². The summed E-state index contributed by atoms with van der Waals surface area (Å²) < 4.78 is 37.0. The Kier molecular flexibility index (Phi) is 2.36. The summed E-state index contributed by atoms with van der Waals surface area (Å²) in [6.07, 6.45) is -4.21. The lowest BCUT2D eigenvalue weighted by atomic mass is 10.2. The fourth-order valence-corrected chi connectivity index (χ4v) is 3.20. The molecule has 0 aliphatic carbocycles. The van der Waals surface area contributed by atoms with Crippen LogP contribution in [-0.4, -0.2) is 0 Å². The van der Waals surface area contributed by atoms with Gasteiger partial charge in [-0.2, -0.15) is 13.2 Å². The van der Waals surface area contributed by atoms with Crippen molar-refractivity contribution in [3.63, 3.8) is 0 Å². The predicted molar refractivity (Wildman–Crippen MR) is 52.6 cm³/mol. The maximum absolute atomic E-state index is 12.3. The highest BCUT2D eigenvalue weighted by Gasteiger charge is 2.37. The molecule has 0 saturated heterocycles. The lowest BCUT2D eigenvalue weighted by Crippen LogP contribution is -2.05. The molecule has 0 nitrogen and oxygen atoms in total. The molecule has 0 aliphatic rings. The molecule has 14 heavy (non-hydrogen) atoms. The predicted octanol–water partition coefficient (Wildman–Crippen LogP) is 4.50. The van der Waals surface area contributed by atoms with Crippen LogP contribution in [0.4, 0.5) is 13.2 Å². The molecule has 0 radical (unpaired) electrons. The summed E-state index contributed by atoms with van der Waals surface area (Å²) in [5, 5.41) is 0. The Morgan fingerprint density at radius 3 is 2.00 bits per heavy atom. The van der Waals surface area contributed by atoms with Gasteiger partial charge in [-0.1, -0.05) is 51.0 Å². The van der Waals surface area contributed by atoms with Gasteiger partial charge in [0.15, 0.2) is 0 Å². The minimum absolute atomic E-state index is 0.336. The molecule has 1 aromatic carbocycles. The number of rotatable bonds is 1. The van der Waals surface area contributed by atoms with Crippen molar-refractivity contribution in [2.24, 2.45) is 0 Å². The second-order valence-corrected chi connectivity index (χ2v) is 4.84. The Balaban J connectivity index is 2.38. The van der Waals surface area contributed by atoms with E-state index < -0.39 is 11.1 Å². The monoisotopic (exact) mass is 234 g/mol. The zero-order valence-corrected chi connectivity index (χ0v) is 8.47. The highest BCUT2D eigenvalue weighted by molar-refractivity contribution is 7.73. The zero-order chi connectivity index (χ0) is 10.2. The second kappa shape index (κ2) is 3.40. The molecule has 1 heterocycles. The molecule has 5 heteroatoms. The van der Waals surface area contributed by atoms with Crippen molar-refractivity contribution in [3.05, 3.63) is 35.2 Å². The van der Waals surface area contributed by atoms with Crippen LogP contribution in [0.25, 0.3) is 10.4 Å². The normalized spacial score (nSPS) is 11.9. The summed E-state index contributed by atoms with van der Waals surface area (Å²) in [7, 11) is 1.96. The molecule has 1 aromatic heterocycles. The van der Waals surface area contributed by atoms with Crippen molar-refractivity contribution in [2.45, 2.75) is 6.18 Å². The van der Waals surface area contributed by atoms with E-state index in [1.54, 1.807) is 30.3 Å². The van der Waals surface area contributed by atoms with Crippen LogP contribution in [0.1, 0.15) is 4.88 Å². The molecular weight excluding hydrogens is 229 g/mol. The first-order valence-electron chi connectivity index (χ1n) is 3.80. The maximum atomic E-state index is 12.3. The van der Waals surface area contributed by atoms with Gasteiger partial charge >= 0.3 is 6.18 Å². The Morgan fingerprint density at radius 1 is 0.929 bits per heavy atom. The van der Waals surface area contributed by atoms with Gasteiger partial charge in [0.25, 0.3) is 0 Å². The number of hydrogen-bond donors (Lipinski definition) is 0. The number of alkyl halides is 3. The highest BCUT2D eigenvalue weighted by atomic mass is 32.9. The van der Waals surface area contributed by atoms with Gasteiger partial charge in [0.1, 0.15) is 4.88 Å². The minimum atomic E-state index is -4.21. The van der Waals surface area contributed by atoms with E-state index in [0.29, 0.717) is 10.4 Å². The molecule has 0 saturated carbocycles. The molecule has 74 valence electrons. The quantitative estimate of drug-likeness (QED) is 0.637. The van der Waals surface area contributed by atoms with E-state index in [1.165, 1.54) is 10.3 Å². The van der Waals surface area contributed by atoms with E-state index in [1.807, 2.05) is 0 Å². The van der Waals surface area contributed by atoms with Gasteiger partial charge in [-0.3, -0.25) is 0 Å². The third-order valence-corrected chi connectivity index (χ3v) is 4.38. The molecule has 0 N–H and O–H groups in total. The van der Waals surface area contributed by atoms with Crippen molar-refractivity contribution in [2.75, 3.05) is 0 Å². The van der Waals surface area contributed by atoms with Crippen LogP contribution >= 0.6 is 20.7 Å². The van der Waals surface area contributed by atoms with E-state index in [-0.39, 0.29) is 0 Å². The first-order chi connectivity index (χ1) is 6.59. The summed E-state index contributed by atoms with van der Waals surface area (Å²) in [6.45, 7) is 0. The van der Waals surface area contributed by atoms with E-state index in [2.05, 4.69) is 0 Å². The molecular formula is C9H5F3S2. The molecule has 0 bridgehead atoms. The standard InChI is InChI=1S/C9H5F3S2/c10-9(11,12)8-7(13-14-8)6-4-2-1-3-5-6/h1-5H. The average molecular weight is 234 g/mol. The van der Waals surface area contributed by atoms with Crippen LogP contribution in [0, 0.1) is 0 Å². The van der Waals surface area contributed by atoms with Gasteiger partial charge in [-0.05, 0) is 5.56 Å². The largest absolute Gasteiger partial charge is 0.427 e. The Morgan fingerprint density at radius 2 is 1.57 bits per heavy atom. The lowest BCUT2D eigenvalue weighted by molar-refractivity contribution is -0.133. The summed E-state index contributed by atoms with van der Waals surface area (Å²) in [5.41, 5.74) is 0.642. The first-order valence-corrected chi connectivity index (χ1v) is 5.95. The van der Waals surface area contributed by atoms with Crippen LogP contribution in [0.15, 0.2) is 30.3 Å². The summed E-state index contributed by atoms with van der Waals surface area (Å²) in [5.74, 6) is 0. The molecule has 2 aromatic rings. The van der Waals surface area contributed by atoms with Gasteiger partial charge in [-0.15, -0.1) is 0 Å². The van der Waals surface area contributed by atoms with Crippen molar-refractivity contribution in [1.82, 2.24) is 0 Å². The average Bonchev–Trinajstić information content (AvgIpc) is 2.00. The minimum Gasteiger partial charge on any atom is -0.165 e. The Bertz CT molecular complexity index is 411. The molecule has 2 rings (SSSR count). The van der Waals surface area contributed by atoms with Crippen molar-refractivity contribution in [3.8, 4) is 10.4 Å². The second-order valence-electron chi connectivity index (χ2n) is 2.69. The van der Waals surface area contributed by atoms with Gasteiger partial charge in [0, 0.05) is 0 Å². The van der Waals surface area contributed by atoms with Crippen molar-refractivity contribution < 1.29 is 13.2 Å². The summed E-state index contributed by atoms with van der Waals surface area (Å²) in [6, 6.07) is 8.63. The third-order valence-electron chi connectivity index (χ3n) is 1.71. The molecule has 0 fully saturated rings. The molecule has 0 aliphatic heterocycles. The van der Waals surface area contributed by atoms with E-state index in [0.717, 1.165) is 10.3 Å². The number of halogens is 3. The molecule has 0 amide bonds. The molecule has 0 unspecified atom stereocenters. The van der Waals surface area contributed by atoms with Crippen LogP contribution in [-0.2, 0) is 6.18 Å².